The van der Waals surface area contributed by atoms with Crippen LogP contribution in [0.4, 0.5) is 0 Å². The molecule has 0 bridgehead atoms. The number of rotatable bonds is 2. The molecule has 1 saturated carbocycles. The highest BCUT2D eigenvalue weighted by Gasteiger charge is 2.51. The Morgan fingerprint density at radius 3 is 2.22 bits per heavy atom. The Balaban J connectivity index is 1.94. The molecule has 2 aliphatic rings. The van der Waals surface area contributed by atoms with Crippen molar-refractivity contribution in [1.82, 2.24) is 0 Å². The lowest BCUT2D eigenvalue weighted by Crippen LogP contribution is -2.37. The van der Waals surface area contributed by atoms with Gasteiger partial charge in [-0.2, -0.15) is 0 Å². The molecular formula is C7H12O2. The van der Waals surface area contributed by atoms with Gasteiger partial charge in [-0.1, -0.05) is 0 Å². The highest BCUT2D eigenvalue weighted by Crippen LogP contribution is 2.53. The average molecular weight is 128 g/mol. The summed E-state index contributed by atoms with van der Waals surface area (Å²) in [5.41, 5.74) is 0.318. The molecule has 0 aromatic heterocycles. The molecule has 0 amide bonds. The zero-order chi connectivity index (χ0) is 6.32. The Labute approximate surface area is 54.8 Å². The minimum absolute atomic E-state index is 0.318. The van der Waals surface area contributed by atoms with E-state index >= 15 is 0 Å². The summed E-state index contributed by atoms with van der Waals surface area (Å²) >= 11 is 0. The maximum Gasteiger partial charge on any atom is 0.0522 e. The Morgan fingerprint density at radius 2 is 2.11 bits per heavy atom. The van der Waals surface area contributed by atoms with E-state index in [0.29, 0.717) is 17.9 Å². The van der Waals surface area contributed by atoms with E-state index in [0.717, 1.165) is 13.2 Å². The second kappa shape index (κ2) is 1.70. The van der Waals surface area contributed by atoms with Crippen LogP contribution in [-0.2, 0) is 4.74 Å². The molecule has 1 saturated heterocycles. The van der Waals surface area contributed by atoms with E-state index in [1.807, 2.05) is 0 Å². The molecule has 1 N–H and O–H groups in total. The van der Waals surface area contributed by atoms with Crippen molar-refractivity contribution in [1.29, 1.82) is 0 Å². The van der Waals surface area contributed by atoms with Crippen LogP contribution in [0.2, 0.25) is 0 Å². The van der Waals surface area contributed by atoms with Gasteiger partial charge in [-0.05, 0) is 12.8 Å². The zero-order valence-corrected chi connectivity index (χ0v) is 5.47. The van der Waals surface area contributed by atoms with Gasteiger partial charge in [-0.25, -0.2) is 0 Å². The molecule has 0 radical (unpaired) electrons. The highest BCUT2D eigenvalue weighted by atomic mass is 16.5. The molecule has 52 valence electrons. The summed E-state index contributed by atoms with van der Waals surface area (Å²) in [6, 6.07) is 0. The third kappa shape index (κ3) is 0.700. The van der Waals surface area contributed by atoms with Gasteiger partial charge in [-0.3, -0.25) is 0 Å². The van der Waals surface area contributed by atoms with Crippen molar-refractivity contribution in [3.8, 4) is 0 Å². The summed E-state index contributed by atoms with van der Waals surface area (Å²) in [6.45, 7) is 2.15. The van der Waals surface area contributed by atoms with Crippen molar-refractivity contribution in [3.05, 3.63) is 0 Å². The van der Waals surface area contributed by atoms with Crippen LogP contribution in [0.25, 0.3) is 0 Å². The van der Waals surface area contributed by atoms with E-state index < -0.39 is 0 Å². The molecule has 1 aliphatic carbocycles. The standard InChI is InChI=1S/C7H12O2/c8-5-7(1-2-7)6-3-9-4-6/h6,8H,1-5H2. The van der Waals surface area contributed by atoms with Crippen molar-refractivity contribution in [2.24, 2.45) is 11.3 Å². The van der Waals surface area contributed by atoms with Crippen molar-refractivity contribution >= 4 is 0 Å². The predicted molar refractivity (Wildman–Crippen MR) is 33.1 cm³/mol. The quantitative estimate of drug-likeness (QED) is 0.583. The monoisotopic (exact) mass is 128 g/mol. The summed E-state index contributed by atoms with van der Waals surface area (Å²) in [4.78, 5) is 0. The summed E-state index contributed by atoms with van der Waals surface area (Å²) in [5, 5.41) is 8.94. The fraction of sp³-hybridized carbons (Fsp3) is 1.00. The van der Waals surface area contributed by atoms with Gasteiger partial charge in [-0.15, -0.1) is 0 Å². The second-order valence-corrected chi connectivity index (χ2v) is 3.25. The summed E-state index contributed by atoms with van der Waals surface area (Å²) in [6.07, 6.45) is 2.44. The molecule has 0 spiro atoms. The SMILES string of the molecule is OCC1(C2COC2)CC1. The summed E-state index contributed by atoms with van der Waals surface area (Å²) < 4.78 is 5.05. The van der Waals surface area contributed by atoms with Crippen LogP contribution in [0.15, 0.2) is 0 Å². The molecule has 2 rings (SSSR count). The highest BCUT2D eigenvalue weighted by molar-refractivity contribution is 5.00. The van der Waals surface area contributed by atoms with Crippen molar-refractivity contribution in [2.75, 3.05) is 19.8 Å². The minimum atomic E-state index is 0.318. The van der Waals surface area contributed by atoms with Gasteiger partial charge in [0.05, 0.1) is 13.2 Å². The van der Waals surface area contributed by atoms with Gasteiger partial charge in [0.15, 0.2) is 0 Å². The van der Waals surface area contributed by atoms with E-state index in [1.54, 1.807) is 0 Å². The van der Waals surface area contributed by atoms with Gasteiger partial charge >= 0.3 is 0 Å². The number of hydrogen-bond donors (Lipinski definition) is 1. The van der Waals surface area contributed by atoms with Crippen LogP contribution in [0.5, 0.6) is 0 Å². The van der Waals surface area contributed by atoms with E-state index in [9.17, 15) is 0 Å². The average Bonchev–Trinajstić information content (AvgIpc) is 2.44. The molecule has 2 heteroatoms. The molecule has 0 unspecified atom stereocenters. The first-order valence-corrected chi connectivity index (χ1v) is 3.56. The normalized spacial score (nSPS) is 31.7. The maximum atomic E-state index is 8.94. The molecule has 2 fully saturated rings. The van der Waals surface area contributed by atoms with Crippen molar-refractivity contribution < 1.29 is 9.84 Å². The summed E-state index contributed by atoms with van der Waals surface area (Å²) in [5.74, 6) is 0.683. The van der Waals surface area contributed by atoms with Gasteiger partial charge in [0, 0.05) is 17.9 Å². The molecule has 9 heavy (non-hydrogen) atoms. The lowest BCUT2D eigenvalue weighted by Gasteiger charge is -2.32. The topological polar surface area (TPSA) is 29.5 Å². The largest absolute Gasteiger partial charge is 0.396 e. The first kappa shape index (κ1) is 5.69. The van der Waals surface area contributed by atoms with Crippen LogP contribution in [0.3, 0.4) is 0 Å². The van der Waals surface area contributed by atoms with Crippen LogP contribution >= 0.6 is 0 Å². The van der Waals surface area contributed by atoms with Crippen molar-refractivity contribution in [3.63, 3.8) is 0 Å². The molecule has 0 atom stereocenters. The number of ether oxygens (including phenoxy) is 1. The van der Waals surface area contributed by atoms with Gasteiger partial charge in [0.25, 0.3) is 0 Å². The number of aliphatic hydroxyl groups excluding tert-OH is 1. The van der Waals surface area contributed by atoms with Gasteiger partial charge in [0.2, 0.25) is 0 Å². The smallest absolute Gasteiger partial charge is 0.0522 e. The maximum absolute atomic E-state index is 8.94. The van der Waals surface area contributed by atoms with Gasteiger partial charge < -0.3 is 9.84 Å². The summed E-state index contributed by atoms with van der Waals surface area (Å²) in [7, 11) is 0. The van der Waals surface area contributed by atoms with E-state index in [2.05, 4.69) is 0 Å². The molecule has 0 aromatic carbocycles. The predicted octanol–water partition coefficient (Wildman–Crippen LogP) is 0.405. The van der Waals surface area contributed by atoms with E-state index in [4.69, 9.17) is 9.84 Å². The van der Waals surface area contributed by atoms with Crippen molar-refractivity contribution in [2.45, 2.75) is 12.8 Å². The Kier molecular flexibility index (Phi) is 1.08. The Bertz CT molecular complexity index is 114. The first-order valence-electron chi connectivity index (χ1n) is 3.56. The number of aliphatic hydroxyl groups is 1. The third-order valence-corrected chi connectivity index (χ3v) is 2.71. The van der Waals surface area contributed by atoms with E-state index in [-0.39, 0.29) is 0 Å². The number of hydrogen-bond acceptors (Lipinski definition) is 2. The van der Waals surface area contributed by atoms with Gasteiger partial charge in [0.1, 0.15) is 0 Å². The molecular weight excluding hydrogens is 116 g/mol. The zero-order valence-electron chi connectivity index (χ0n) is 5.47. The molecule has 2 nitrogen and oxygen atoms in total. The Hall–Kier alpha value is -0.0800. The van der Waals surface area contributed by atoms with Crippen LogP contribution in [0, 0.1) is 11.3 Å². The minimum Gasteiger partial charge on any atom is -0.396 e. The molecule has 1 aliphatic heterocycles. The molecule has 1 heterocycles. The van der Waals surface area contributed by atoms with E-state index in [1.165, 1.54) is 12.8 Å². The lowest BCUT2D eigenvalue weighted by molar-refractivity contribution is -0.0799. The fourth-order valence-corrected chi connectivity index (χ4v) is 1.45. The third-order valence-electron chi connectivity index (χ3n) is 2.71. The lowest BCUT2D eigenvalue weighted by atomic mass is 9.88. The van der Waals surface area contributed by atoms with Crippen LogP contribution in [-0.4, -0.2) is 24.9 Å². The first-order chi connectivity index (χ1) is 4.37. The molecule has 0 aromatic rings. The van der Waals surface area contributed by atoms with Crippen LogP contribution in [0.1, 0.15) is 12.8 Å². The fourth-order valence-electron chi connectivity index (χ4n) is 1.45. The van der Waals surface area contributed by atoms with Crippen LogP contribution < -0.4 is 0 Å². The Morgan fingerprint density at radius 1 is 1.44 bits per heavy atom. The second-order valence-electron chi connectivity index (χ2n) is 3.25.